The van der Waals surface area contributed by atoms with Gasteiger partial charge in [-0.15, -0.1) is 0 Å². The highest BCUT2D eigenvalue weighted by molar-refractivity contribution is 6.01. The molecule has 5 nitrogen and oxygen atoms in total. The Morgan fingerprint density at radius 3 is 2.85 bits per heavy atom. The summed E-state index contributed by atoms with van der Waals surface area (Å²) in [6.07, 6.45) is 4.24. The molecule has 2 heterocycles. The molecule has 0 saturated carbocycles. The summed E-state index contributed by atoms with van der Waals surface area (Å²) < 4.78 is 5.65. The highest BCUT2D eigenvalue weighted by Gasteiger charge is 2.36. The molecule has 2 aliphatic heterocycles. The summed E-state index contributed by atoms with van der Waals surface area (Å²) in [4.78, 5) is 17.4. The molecule has 1 fully saturated rings. The molecule has 1 aromatic rings. The number of anilines is 1. The van der Waals surface area contributed by atoms with Gasteiger partial charge >= 0.3 is 0 Å². The monoisotopic (exact) mass is 372 g/mol. The van der Waals surface area contributed by atoms with Crippen LogP contribution in [0.15, 0.2) is 24.3 Å². The average molecular weight is 373 g/mol. The van der Waals surface area contributed by atoms with Gasteiger partial charge in [-0.05, 0) is 76.8 Å². The maximum absolute atomic E-state index is 13.3. The Labute approximate surface area is 162 Å². The summed E-state index contributed by atoms with van der Waals surface area (Å²) in [5.41, 5.74) is 2.79. The minimum Gasteiger partial charge on any atom is -0.494 e. The lowest BCUT2D eigenvalue weighted by molar-refractivity contribution is -0.121. The van der Waals surface area contributed by atoms with E-state index < -0.39 is 0 Å². The number of nitrogens with zero attached hydrogens (tertiary/aromatic N) is 2. The predicted molar refractivity (Wildman–Crippen MR) is 109 cm³/mol. The van der Waals surface area contributed by atoms with E-state index in [1.807, 2.05) is 30.0 Å². The van der Waals surface area contributed by atoms with Gasteiger partial charge in [-0.3, -0.25) is 9.69 Å². The normalized spacial score (nSPS) is 22.2. The van der Waals surface area contributed by atoms with Gasteiger partial charge in [0.15, 0.2) is 0 Å². The van der Waals surface area contributed by atoms with Crippen LogP contribution in [-0.4, -0.2) is 54.3 Å². The molecule has 0 aliphatic carbocycles. The molecule has 0 bridgehead atoms. The maximum atomic E-state index is 13.3. The molecule has 0 spiro atoms. The van der Waals surface area contributed by atoms with Gasteiger partial charge in [0.25, 0.3) is 0 Å². The largest absolute Gasteiger partial charge is 0.494 e. The van der Waals surface area contributed by atoms with Crippen molar-refractivity contribution in [2.45, 2.75) is 46.1 Å². The summed E-state index contributed by atoms with van der Waals surface area (Å²) in [5, 5.41) is 9.46. The third-order valence-corrected chi connectivity index (χ3v) is 5.56. The maximum Gasteiger partial charge on any atom is 0.241 e. The van der Waals surface area contributed by atoms with E-state index in [4.69, 9.17) is 4.74 Å². The first-order chi connectivity index (χ1) is 12.9. The molecule has 2 aliphatic rings. The summed E-state index contributed by atoms with van der Waals surface area (Å²) in [6.45, 7) is 11.2. The van der Waals surface area contributed by atoms with Crippen LogP contribution in [0.25, 0.3) is 5.57 Å². The number of benzene rings is 1. The van der Waals surface area contributed by atoms with Crippen LogP contribution in [0.5, 0.6) is 5.75 Å². The van der Waals surface area contributed by atoms with Crippen LogP contribution < -0.4 is 9.64 Å². The molecule has 1 aromatic carbocycles. The number of aliphatic hydroxyl groups is 1. The smallest absolute Gasteiger partial charge is 0.241 e. The number of hydrogen-bond donors (Lipinski definition) is 1. The van der Waals surface area contributed by atoms with Gasteiger partial charge in [-0.25, -0.2) is 0 Å². The number of likely N-dealkylation sites (tertiary alicyclic amines) is 1. The number of carbonyl (C=O) groups is 1. The van der Waals surface area contributed by atoms with E-state index in [1.165, 1.54) is 5.57 Å². The molecule has 0 aromatic heterocycles. The number of aliphatic hydroxyl groups excluding tert-OH is 1. The number of amides is 1. The predicted octanol–water partition coefficient (Wildman–Crippen LogP) is 3.32. The molecule has 3 rings (SSSR count). The van der Waals surface area contributed by atoms with Crippen molar-refractivity contribution >= 4 is 17.2 Å². The first-order valence-corrected chi connectivity index (χ1v) is 9.98. The van der Waals surface area contributed by atoms with Crippen molar-refractivity contribution in [2.75, 3.05) is 37.7 Å². The first kappa shape index (κ1) is 19.9. The zero-order valence-electron chi connectivity index (χ0n) is 17.0. The minimum atomic E-state index is -0.381. The van der Waals surface area contributed by atoms with Gasteiger partial charge < -0.3 is 14.7 Å². The summed E-state index contributed by atoms with van der Waals surface area (Å²) in [6, 6.07) is 5.98. The van der Waals surface area contributed by atoms with E-state index in [-0.39, 0.29) is 24.0 Å². The van der Waals surface area contributed by atoms with E-state index in [0.29, 0.717) is 13.2 Å². The highest BCUT2D eigenvalue weighted by atomic mass is 16.5. The Morgan fingerprint density at radius 2 is 2.15 bits per heavy atom. The second kappa shape index (κ2) is 8.03. The van der Waals surface area contributed by atoms with Crippen LogP contribution in [0, 0.1) is 5.92 Å². The van der Waals surface area contributed by atoms with Crippen molar-refractivity contribution in [2.24, 2.45) is 5.92 Å². The highest BCUT2D eigenvalue weighted by Crippen LogP contribution is 2.40. The first-order valence-electron chi connectivity index (χ1n) is 9.98. The molecule has 27 heavy (non-hydrogen) atoms. The molecule has 1 N–H and O–H groups in total. The summed E-state index contributed by atoms with van der Waals surface area (Å²) in [5.74, 6) is 1.22. The third-order valence-electron chi connectivity index (χ3n) is 5.56. The number of allylic oxidation sites excluding steroid dienone is 1. The molecule has 1 saturated heterocycles. The van der Waals surface area contributed by atoms with Gasteiger partial charge in [0.05, 0.1) is 24.4 Å². The van der Waals surface area contributed by atoms with Crippen molar-refractivity contribution in [3.8, 4) is 5.75 Å². The van der Waals surface area contributed by atoms with Gasteiger partial charge in [-0.1, -0.05) is 6.08 Å². The molecule has 0 unspecified atom stereocenters. The van der Waals surface area contributed by atoms with E-state index >= 15 is 0 Å². The van der Waals surface area contributed by atoms with Gasteiger partial charge in [0.1, 0.15) is 5.75 Å². The Morgan fingerprint density at radius 1 is 1.37 bits per heavy atom. The Kier molecular flexibility index (Phi) is 5.92. The average Bonchev–Trinajstić information content (AvgIpc) is 2.62. The molecule has 5 heteroatoms. The quantitative estimate of drug-likeness (QED) is 0.861. The Bertz CT molecular complexity index is 726. The number of rotatable bonds is 5. The number of ether oxygens (including phenoxy) is 1. The van der Waals surface area contributed by atoms with Crippen LogP contribution in [0.2, 0.25) is 0 Å². The van der Waals surface area contributed by atoms with E-state index in [0.717, 1.165) is 42.9 Å². The summed E-state index contributed by atoms with van der Waals surface area (Å²) >= 11 is 0. The lowest BCUT2D eigenvalue weighted by atomic mass is 9.88. The van der Waals surface area contributed by atoms with E-state index in [1.54, 1.807) is 0 Å². The van der Waals surface area contributed by atoms with Crippen molar-refractivity contribution < 1.29 is 14.6 Å². The molecule has 148 valence electrons. The van der Waals surface area contributed by atoms with Gasteiger partial charge in [0, 0.05) is 18.7 Å². The van der Waals surface area contributed by atoms with Crippen molar-refractivity contribution in [3.63, 3.8) is 0 Å². The fraction of sp³-hybridized carbons (Fsp3) is 0.591. The SMILES string of the molecule is CCOc1ccc2c(c1)C(C)=CC(C)(C)N2C(=O)CN1CCC[C@@H](CO)C1. The fourth-order valence-corrected chi connectivity index (χ4v) is 4.43. The van der Waals surface area contributed by atoms with Gasteiger partial charge in [0.2, 0.25) is 5.91 Å². The molecule has 1 atom stereocenters. The van der Waals surface area contributed by atoms with Crippen LogP contribution >= 0.6 is 0 Å². The lowest BCUT2D eigenvalue weighted by Crippen LogP contribution is -2.53. The van der Waals surface area contributed by atoms with Crippen molar-refractivity contribution in [1.82, 2.24) is 4.90 Å². The van der Waals surface area contributed by atoms with E-state index in [9.17, 15) is 9.90 Å². The number of piperidine rings is 1. The van der Waals surface area contributed by atoms with Crippen LogP contribution in [-0.2, 0) is 4.79 Å². The minimum absolute atomic E-state index is 0.104. The zero-order valence-corrected chi connectivity index (χ0v) is 17.0. The molecule has 1 amide bonds. The number of fused-ring (bicyclic) bond motifs is 1. The van der Waals surface area contributed by atoms with Crippen LogP contribution in [0.1, 0.15) is 46.1 Å². The second-order valence-corrected chi connectivity index (χ2v) is 8.25. The second-order valence-electron chi connectivity index (χ2n) is 8.25. The number of hydrogen-bond acceptors (Lipinski definition) is 4. The van der Waals surface area contributed by atoms with Gasteiger partial charge in [-0.2, -0.15) is 0 Å². The fourth-order valence-electron chi connectivity index (χ4n) is 4.43. The Balaban J connectivity index is 1.86. The van der Waals surface area contributed by atoms with Crippen molar-refractivity contribution in [1.29, 1.82) is 0 Å². The lowest BCUT2D eigenvalue weighted by Gasteiger charge is -2.43. The third kappa shape index (κ3) is 4.19. The Hall–Kier alpha value is -1.85. The van der Waals surface area contributed by atoms with Crippen molar-refractivity contribution in [3.05, 3.63) is 29.8 Å². The van der Waals surface area contributed by atoms with Crippen LogP contribution in [0.4, 0.5) is 5.69 Å². The number of carbonyl (C=O) groups excluding carboxylic acids is 1. The topological polar surface area (TPSA) is 53.0 Å². The molecular formula is C22H32N2O3. The standard InChI is InChI=1S/C22H32N2O3/c1-5-27-18-8-9-20-19(11-18)16(2)12-22(3,4)24(20)21(26)14-23-10-6-7-17(13-23)15-25/h8-9,11-12,17,25H,5-7,10,13-15H2,1-4H3/t17-/m1/s1. The molecule has 0 radical (unpaired) electrons. The van der Waals surface area contributed by atoms with E-state index in [2.05, 4.69) is 31.7 Å². The summed E-state index contributed by atoms with van der Waals surface area (Å²) in [7, 11) is 0. The molecular weight excluding hydrogens is 340 g/mol. The van der Waals surface area contributed by atoms with Crippen LogP contribution in [0.3, 0.4) is 0 Å². The zero-order chi connectivity index (χ0) is 19.6.